The van der Waals surface area contributed by atoms with Crippen molar-refractivity contribution in [2.24, 2.45) is 0 Å². The van der Waals surface area contributed by atoms with E-state index in [0.29, 0.717) is 26.9 Å². The van der Waals surface area contributed by atoms with Crippen molar-refractivity contribution in [1.82, 2.24) is 5.32 Å². The van der Waals surface area contributed by atoms with E-state index in [1.165, 1.54) is 31.2 Å². The summed E-state index contributed by atoms with van der Waals surface area (Å²) in [4.78, 5) is 12.8. The first-order valence-corrected chi connectivity index (χ1v) is 15.0. The van der Waals surface area contributed by atoms with Gasteiger partial charge in [0.2, 0.25) is 12.2 Å². The van der Waals surface area contributed by atoms with Gasteiger partial charge in [0.1, 0.15) is 55.8 Å². The number of hydrogen-bond acceptors (Lipinski definition) is 10. The molecule has 0 spiro atoms. The Morgan fingerprint density at radius 2 is 1.73 bits per heavy atom. The Morgan fingerprint density at radius 3 is 2.44 bits per heavy atom. The lowest BCUT2D eigenvalue weighted by molar-refractivity contribution is -0.155. The maximum atomic E-state index is 15.0. The quantitative estimate of drug-likeness (QED) is 0.199. The van der Waals surface area contributed by atoms with Crippen molar-refractivity contribution in [3.05, 3.63) is 75.0 Å². The topological polar surface area (TPSA) is 156 Å². The highest BCUT2D eigenvalue weighted by Gasteiger charge is 2.53. The Bertz CT molecular complexity index is 1460. The van der Waals surface area contributed by atoms with Crippen molar-refractivity contribution < 1.29 is 53.3 Å². The van der Waals surface area contributed by atoms with Gasteiger partial charge in [0.05, 0.1) is 17.2 Å². The van der Waals surface area contributed by atoms with Crippen LogP contribution in [0.5, 0.6) is 11.5 Å². The lowest BCUT2D eigenvalue weighted by atomic mass is 9.83. The van der Waals surface area contributed by atoms with Gasteiger partial charge in [-0.05, 0) is 67.5 Å². The van der Waals surface area contributed by atoms with Crippen LogP contribution in [0.25, 0.3) is 6.08 Å². The largest absolute Gasteiger partial charge is 0.488 e. The molecule has 2 aliphatic heterocycles. The number of ether oxygens (including phenoxy) is 5. The summed E-state index contributed by atoms with van der Waals surface area (Å²) in [5.74, 6) is -1.01. The van der Waals surface area contributed by atoms with Crippen LogP contribution in [0.4, 0.5) is 4.39 Å². The van der Waals surface area contributed by atoms with E-state index in [-0.39, 0.29) is 31.1 Å². The molecular formula is C31H34Cl2FNO10. The average molecular weight is 671 g/mol. The van der Waals surface area contributed by atoms with Gasteiger partial charge in [-0.2, -0.15) is 0 Å². The minimum Gasteiger partial charge on any atom is -0.488 e. The predicted octanol–water partition coefficient (Wildman–Crippen LogP) is 2.74. The van der Waals surface area contributed by atoms with E-state index in [0.717, 1.165) is 0 Å². The maximum absolute atomic E-state index is 15.0. The third kappa shape index (κ3) is 7.62. The van der Waals surface area contributed by atoms with Gasteiger partial charge in [0.25, 0.3) is 0 Å². The molecule has 2 aromatic carbocycles. The molecule has 5 N–H and O–H groups in total. The van der Waals surface area contributed by atoms with Crippen molar-refractivity contribution >= 4 is 35.2 Å². The van der Waals surface area contributed by atoms with Crippen LogP contribution in [0.3, 0.4) is 0 Å². The summed E-state index contributed by atoms with van der Waals surface area (Å²) in [6.45, 7) is 3.27. The fourth-order valence-corrected chi connectivity index (χ4v) is 5.93. The fraction of sp³-hybridized carbons (Fsp3) is 0.452. The van der Waals surface area contributed by atoms with Crippen molar-refractivity contribution in [3.63, 3.8) is 0 Å². The zero-order chi connectivity index (χ0) is 32.4. The van der Waals surface area contributed by atoms with E-state index in [1.54, 1.807) is 31.2 Å². The second-order valence-corrected chi connectivity index (χ2v) is 12.0. The van der Waals surface area contributed by atoms with Crippen LogP contribution in [0.15, 0.2) is 53.6 Å². The zero-order valence-corrected chi connectivity index (χ0v) is 25.8. The van der Waals surface area contributed by atoms with E-state index < -0.39 is 66.8 Å². The molecule has 1 aliphatic carbocycles. The number of carbonyl (C=O) groups excluding carboxylic acids is 1. The summed E-state index contributed by atoms with van der Waals surface area (Å²) in [5.41, 5.74) is 1.19. The van der Waals surface area contributed by atoms with Crippen molar-refractivity contribution in [1.29, 1.82) is 0 Å². The molecule has 3 aliphatic rings. The molecule has 45 heavy (non-hydrogen) atoms. The first-order chi connectivity index (χ1) is 21.4. The summed E-state index contributed by atoms with van der Waals surface area (Å²) < 4.78 is 42.7. The highest BCUT2D eigenvalue weighted by Crippen LogP contribution is 2.32. The van der Waals surface area contributed by atoms with Gasteiger partial charge in [-0.25, -0.2) is 4.39 Å². The standard InChI is InChI=1S/C31H34Cl2FNO10/c1-14(7-8-41-21-6-4-17(32)11-18(21)33)28-20(36)12-23(45-28)44-22-5-3-16(10-19(22)34)9-15(2)31(40)35-24-25(37)27(39)30-29(26(24)38)42-13-43-30/h3-7,9-11,20,23-30,36-39H,8,12-13H2,1-2H3,(H,35,40)/t20-,23-,24-,25+,26-,27-,28-,29+,30-/m1/s1. The third-order valence-electron chi connectivity index (χ3n) is 7.93. The molecule has 1 saturated carbocycles. The van der Waals surface area contributed by atoms with Crippen LogP contribution in [0.2, 0.25) is 10.0 Å². The predicted molar refractivity (Wildman–Crippen MR) is 160 cm³/mol. The SMILES string of the molecule is CC(=Cc1ccc(O[C@H]2C[C@@H](O)[C@@H](C(C)=CCOc3ccc(Cl)cc3Cl)O2)c(F)c1)C(=O)N[C@@H]1[C@H](O)[C@@H](O)[C@H]2OCO[C@H]2[C@@H]1O. The molecule has 2 saturated heterocycles. The number of fused-ring (bicyclic) bond motifs is 1. The second-order valence-electron chi connectivity index (χ2n) is 11.1. The Morgan fingerprint density at radius 1 is 1.02 bits per heavy atom. The summed E-state index contributed by atoms with van der Waals surface area (Å²) in [7, 11) is 0. The van der Waals surface area contributed by atoms with E-state index in [1.807, 2.05) is 0 Å². The molecule has 1 amide bonds. The van der Waals surface area contributed by atoms with Gasteiger partial charge in [0.15, 0.2) is 11.6 Å². The molecule has 0 aromatic heterocycles. The van der Waals surface area contributed by atoms with E-state index in [9.17, 15) is 29.6 Å². The molecule has 14 heteroatoms. The molecule has 2 heterocycles. The Hall–Kier alpha value is -2.78. The number of aliphatic hydroxyl groups is 4. The normalized spacial score (nSPS) is 31.9. The van der Waals surface area contributed by atoms with E-state index in [4.69, 9.17) is 46.9 Å². The van der Waals surface area contributed by atoms with Crippen LogP contribution in [0.1, 0.15) is 25.8 Å². The summed E-state index contributed by atoms with van der Waals surface area (Å²) in [6.07, 6.45) is -5.24. The number of carbonyl (C=O) groups is 1. The minimum absolute atomic E-state index is 0.104. The Labute approximate surface area is 268 Å². The third-order valence-corrected chi connectivity index (χ3v) is 8.46. The van der Waals surface area contributed by atoms with Crippen LogP contribution >= 0.6 is 23.2 Å². The fourth-order valence-electron chi connectivity index (χ4n) is 5.47. The lowest BCUT2D eigenvalue weighted by Gasteiger charge is -2.41. The monoisotopic (exact) mass is 669 g/mol. The number of rotatable bonds is 9. The average Bonchev–Trinajstić information content (AvgIpc) is 3.63. The van der Waals surface area contributed by atoms with Crippen LogP contribution in [0, 0.1) is 5.82 Å². The smallest absolute Gasteiger partial charge is 0.247 e. The van der Waals surface area contributed by atoms with Gasteiger partial charge in [-0.15, -0.1) is 0 Å². The van der Waals surface area contributed by atoms with Crippen molar-refractivity contribution in [2.45, 2.75) is 75.3 Å². The van der Waals surface area contributed by atoms with E-state index >= 15 is 0 Å². The molecule has 244 valence electrons. The van der Waals surface area contributed by atoms with Gasteiger partial charge in [0, 0.05) is 17.0 Å². The molecule has 3 fully saturated rings. The van der Waals surface area contributed by atoms with Gasteiger partial charge >= 0.3 is 0 Å². The molecule has 0 unspecified atom stereocenters. The number of halogens is 3. The number of amides is 1. The van der Waals surface area contributed by atoms with Crippen LogP contribution in [-0.4, -0.2) is 94.8 Å². The van der Waals surface area contributed by atoms with E-state index in [2.05, 4.69) is 5.32 Å². The summed E-state index contributed by atoms with van der Waals surface area (Å²) in [5, 5.41) is 45.2. The van der Waals surface area contributed by atoms with Crippen molar-refractivity contribution in [3.8, 4) is 11.5 Å². The van der Waals surface area contributed by atoms with Gasteiger partial charge < -0.3 is 49.4 Å². The van der Waals surface area contributed by atoms with Gasteiger partial charge in [-0.3, -0.25) is 4.79 Å². The molecule has 9 atom stereocenters. The summed E-state index contributed by atoms with van der Waals surface area (Å²) in [6, 6.07) is 7.74. The maximum Gasteiger partial charge on any atom is 0.247 e. The second kappa shape index (κ2) is 14.3. The highest BCUT2D eigenvalue weighted by atomic mass is 35.5. The zero-order valence-electron chi connectivity index (χ0n) is 24.3. The molecule has 2 aromatic rings. The number of nitrogens with one attached hydrogen (secondary N) is 1. The van der Waals surface area contributed by atoms with Crippen molar-refractivity contribution in [2.75, 3.05) is 13.4 Å². The first kappa shape index (κ1) is 33.6. The van der Waals surface area contributed by atoms with Gasteiger partial charge in [-0.1, -0.05) is 29.3 Å². The Kier molecular flexibility index (Phi) is 10.7. The summed E-state index contributed by atoms with van der Waals surface area (Å²) >= 11 is 12.0. The molecule has 5 rings (SSSR count). The van der Waals surface area contributed by atoms with Crippen LogP contribution in [-0.2, 0) is 19.0 Å². The van der Waals surface area contributed by atoms with Crippen LogP contribution < -0.4 is 14.8 Å². The molecule has 0 bridgehead atoms. The number of aliphatic hydroxyl groups excluding tert-OH is 4. The number of benzene rings is 2. The molecule has 11 nitrogen and oxygen atoms in total. The molecule has 0 radical (unpaired) electrons. The molecular weight excluding hydrogens is 636 g/mol. The lowest BCUT2D eigenvalue weighted by Crippen LogP contribution is -2.67. The first-order valence-electron chi connectivity index (χ1n) is 14.2. The highest BCUT2D eigenvalue weighted by molar-refractivity contribution is 6.35. The number of hydrogen-bond donors (Lipinski definition) is 5. The Balaban J connectivity index is 1.15. The minimum atomic E-state index is -1.49.